The van der Waals surface area contributed by atoms with Crippen LogP contribution in [-0.4, -0.2) is 59.6 Å². The minimum atomic E-state index is -0.284. The lowest BCUT2D eigenvalue weighted by molar-refractivity contribution is -0.133. The third kappa shape index (κ3) is 3.47. The van der Waals surface area contributed by atoms with Crippen molar-refractivity contribution in [3.05, 3.63) is 0 Å². The smallest absolute Gasteiger partial charge is 0.239 e. The lowest BCUT2D eigenvalue weighted by atomic mass is 10.2. The van der Waals surface area contributed by atoms with Gasteiger partial charge in [-0.3, -0.25) is 9.69 Å². The summed E-state index contributed by atoms with van der Waals surface area (Å²) in [5.74, 6) is 0.193. The van der Waals surface area contributed by atoms with Crippen LogP contribution < -0.4 is 0 Å². The number of aliphatic hydroxyl groups excluding tert-OH is 1. The molecule has 1 saturated heterocycles. The maximum absolute atomic E-state index is 11.8. The second-order valence-corrected chi connectivity index (χ2v) is 4.46. The Bertz CT molecular complexity index is 219. The first-order valence-electron chi connectivity index (χ1n) is 5.69. The first kappa shape index (κ1) is 12.5. The fraction of sp³-hybridized carbons (Fsp3) is 0.909. The van der Waals surface area contributed by atoms with Gasteiger partial charge in [-0.15, -0.1) is 0 Å². The molecule has 1 fully saturated rings. The van der Waals surface area contributed by atoms with Crippen molar-refractivity contribution in [2.24, 2.45) is 0 Å². The summed E-state index contributed by atoms with van der Waals surface area (Å²) in [5.41, 5.74) is 0. The van der Waals surface area contributed by atoms with E-state index in [0.717, 1.165) is 32.5 Å². The van der Waals surface area contributed by atoms with E-state index in [1.807, 2.05) is 14.0 Å². The van der Waals surface area contributed by atoms with Crippen molar-refractivity contribution < 1.29 is 9.90 Å². The molecule has 1 rings (SSSR count). The van der Waals surface area contributed by atoms with Gasteiger partial charge < -0.3 is 10.0 Å². The molecule has 0 aromatic rings. The molecular weight excluding hydrogens is 192 g/mol. The number of hydrogen-bond acceptors (Lipinski definition) is 3. The standard InChI is InChI=1S/C11H22N2O2/c1-9(14)5-8-13-7-4-6-12(3)11(15)10(13)2/h9-10,14H,4-8H2,1-3H3. The summed E-state index contributed by atoms with van der Waals surface area (Å²) in [4.78, 5) is 15.8. The molecule has 4 nitrogen and oxygen atoms in total. The van der Waals surface area contributed by atoms with E-state index < -0.39 is 0 Å². The van der Waals surface area contributed by atoms with Crippen LogP contribution in [0.1, 0.15) is 26.7 Å². The van der Waals surface area contributed by atoms with Crippen LogP contribution in [0.3, 0.4) is 0 Å². The third-order valence-electron chi connectivity index (χ3n) is 3.05. The maximum Gasteiger partial charge on any atom is 0.239 e. The molecule has 0 spiro atoms. The lowest BCUT2D eigenvalue weighted by Crippen LogP contribution is -2.43. The Morgan fingerprint density at radius 3 is 2.80 bits per heavy atom. The number of carbonyl (C=O) groups is 1. The summed E-state index contributed by atoms with van der Waals surface area (Å²) in [6.07, 6.45) is 1.47. The first-order chi connectivity index (χ1) is 7.02. The summed E-state index contributed by atoms with van der Waals surface area (Å²) >= 11 is 0. The van der Waals surface area contributed by atoms with E-state index in [2.05, 4.69) is 4.90 Å². The number of likely N-dealkylation sites (N-methyl/N-ethyl adjacent to an activating group) is 1. The largest absolute Gasteiger partial charge is 0.393 e. The van der Waals surface area contributed by atoms with Crippen molar-refractivity contribution in [3.63, 3.8) is 0 Å². The number of amides is 1. The zero-order valence-electron chi connectivity index (χ0n) is 9.94. The molecule has 1 heterocycles. The van der Waals surface area contributed by atoms with E-state index in [4.69, 9.17) is 0 Å². The fourth-order valence-electron chi connectivity index (χ4n) is 1.95. The van der Waals surface area contributed by atoms with Crippen molar-refractivity contribution >= 4 is 5.91 Å². The van der Waals surface area contributed by atoms with Gasteiger partial charge in [0.1, 0.15) is 0 Å². The second-order valence-electron chi connectivity index (χ2n) is 4.46. The van der Waals surface area contributed by atoms with Gasteiger partial charge in [0, 0.05) is 26.7 Å². The fourth-order valence-corrected chi connectivity index (χ4v) is 1.95. The lowest BCUT2D eigenvalue weighted by Gasteiger charge is -2.26. The van der Waals surface area contributed by atoms with E-state index in [0.29, 0.717) is 0 Å². The number of carbonyl (C=O) groups excluding carboxylic acids is 1. The molecule has 2 unspecified atom stereocenters. The van der Waals surface area contributed by atoms with Gasteiger partial charge in [0.2, 0.25) is 5.91 Å². The molecule has 0 saturated carbocycles. The molecule has 0 aromatic carbocycles. The summed E-state index contributed by atoms with van der Waals surface area (Å²) in [6, 6.07) is -0.0451. The van der Waals surface area contributed by atoms with E-state index in [1.165, 1.54) is 0 Å². The zero-order chi connectivity index (χ0) is 11.4. The van der Waals surface area contributed by atoms with Crippen molar-refractivity contribution in [2.75, 3.05) is 26.7 Å². The van der Waals surface area contributed by atoms with E-state index in [9.17, 15) is 9.90 Å². The molecule has 1 aliphatic rings. The summed E-state index contributed by atoms with van der Waals surface area (Å²) < 4.78 is 0. The second kappa shape index (κ2) is 5.47. The Balaban J connectivity index is 2.52. The van der Waals surface area contributed by atoms with Crippen LogP contribution in [-0.2, 0) is 4.79 Å². The Labute approximate surface area is 91.9 Å². The minimum Gasteiger partial charge on any atom is -0.393 e. The van der Waals surface area contributed by atoms with Gasteiger partial charge in [0.15, 0.2) is 0 Å². The van der Waals surface area contributed by atoms with Gasteiger partial charge in [-0.2, -0.15) is 0 Å². The molecule has 1 N–H and O–H groups in total. The van der Waals surface area contributed by atoms with Gasteiger partial charge in [-0.25, -0.2) is 0 Å². The van der Waals surface area contributed by atoms with Crippen LogP contribution in [0, 0.1) is 0 Å². The molecule has 4 heteroatoms. The van der Waals surface area contributed by atoms with Gasteiger partial charge in [0.05, 0.1) is 12.1 Å². The predicted molar refractivity (Wildman–Crippen MR) is 59.6 cm³/mol. The monoisotopic (exact) mass is 214 g/mol. The van der Waals surface area contributed by atoms with Gasteiger partial charge in [-0.05, 0) is 26.7 Å². The molecule has 1 aliphatic heterocycles. The number of aliphatic hydroxyl groups is 1. The Morgan fingerprint density at radius 2 is 2.20 bits per heavy atom. The Morgan fingerprint density at radius 1 is 1.53 bits per heavy atom. The third-order valence-corrected chi connectivity index (χ3v) is 3.05. The molecule has 2 atom stereocenters. The summed E-state index contributed by atoms with van der Waals surface area (Å²) in [7, 11) is 1.86. The van der Waals surface area contributed by atoms with E-state index >= 15 is 0 Å². The topological polar surface area (TPSA) is 43.8 Å². The average Bonchev–Trinajstić information content (AvgIpc) is 2.29. The van der Waals surface area contributed by atoms with Gasteiger partial charge in [0.25, 0.3) is 0 Å². The van der Waals surface area contributed by atoms with Crippen molar-refractivity contribution in [2.45, 2.75) is 38.8 Å². The van der Waals surface area contributed by atoms with Crippen LogP contribution in [0.25, 0.3) is 0 Å². The van der Waals surface area contributed by atoms with Crippen LogP contribution in [0.2, 0.25) is 0 Å². The molecule has 0 bridgehead atoms. The number of hydrogen-bond donors (Lipinski definition) is 1. The summed E-state index contributed by atoms with van der Waals surface area (Å²) in [6.45, 7) is 6.33. The molecule has 1 amide bonds. The highest BCUT2D eigenvalue weighted by Crippen LogP contribution is 2.10. The predicted octanol–water partition coefficient (Wildman–Crippen LogP) is 0.310. The minimum absolute atomic E-state index is 0.0451. The van der Waals surface area contributed by atoms with Crippen molar-refractivity contribution in [3.8, 4) is 0 Å². The highest BCUT2D eigenvalue weighted by Gasteiger charge is 2.26. The van der Waals surface area contributed by atoms with Crippen LogP contribution in [0.5, 0.6) is 0 Å². The highest BCUT2D eigenvalue weighted by molar-refractivity contribution is 5.81. The SMILES string of the molecule is CC(O)CCN1CCCN(C)C(=O)C1C. The van der Waals surface area contributed by atoms with Gasteiger partial charge >= 0.3 is 0 Å². The van der Waals surface area contributed by atoms with Crippen LogP contribution >= 0.6 is 0 Å². The van der Waals surface area contributed by atoms with Crippen LogP contribution in [0.4, 0.5) is 0 Å². The maximum atomic E-state index is 11.8. The Hall–Kier alpha value is -0.610. The van der Waals surface area contributed by atoms with Crippen molar-refractivity contribution in [1.29, 1.82) is 0 Å². The normalized spacial score (nSPS) is 26.5. The van der Waals surface area contributed by atoms with Crippen LogP contribution in [0.15, 0.2) is 0 Å². The number of nitrogens with zero attached hydrogens (tertiary/aromatic N) is 2. The number of rotatable bonds is 3. The van der Waals surface area contributed by atoms with Crippen molar-refractivity contribution in [1.82, 2.24) is 9.80 Å². The molecule has 88 valence electrons. The van der Waals surface area contributed by atoms with Gasteiger partial charge in [-0.1, -0.05) is 0 Å². The molecule has 0 radical (unpaired) electrons. The molecular formula is C11H22N2O2. The van der Waals surface area contributed by atoms with E-state index in [-0.39, 0.29) is 18.1 Å². The molecule has 15 heavy (non-hydrogen) atoms. The summed E-state index contributed by atoms with van der Waals surface area (Å²) in [5, 5.41) is 9.24. The zero-order valence-corrected chi connectivity index (χ0v) is 9.94. The highest BCUT2D eigenvalue weighted by atomic mass is 16.3. The quantitative estimate of drug-likeness (QED) is 0.735. The molecule has 0 aliphatic carbocycles. The first-order valence-corrected chi connectivity index (χ1v) is 5.69. The molecule has 0 aromatic heterocycles. The Kier molecular flexibility index (Phi) is 4.54. The van der Waals surface area contributed by atoms with E-state index in [1.54, 1.807) is 11.8 Å². The average molecular weight is 214 g/mol.